The van der Waals surface area contributed by atoms with Gasteiger partial charge in [-0.1, -0.05) is 13.2 Å². The van der Waals surface area contributed by atoms with Crippen molar-refractivity contribution >= 4 is 21.9 Å². The van der Waals surface area contributed by atoms with Crippen molar-refractivity contribution < 1.29 is 57.2 Å². The summed E-state index contributed by atoms with van der Waals surface area (Å²) in [7, 11) is -3.91. The van der Waals surface area contributed by atoms with E-state index in [2.05, 4.69) is 13.2 Å². The monoisotopic (exact) mass is 286 g/mol. The third-order valence-corrected chi connectivity index (χ3v) is 2.21. The van der Waals surface area contributed by atoms with Crippen molar-refractivity contribution in [1.29, 1.82) is 0 Å². The SMILES string of the molecule is C=C(C)C(=O)[O-].C=CC(=O)CCCS(=O)(=O)O.[Na+]. The van der Waals surface area contributed by atoms with Crippen LogP contribution in [-0.4, -0.2) is 30.5 Å². The molecule has 0 aromatic heterocycles. The van der Waals surface area contributed by atoms with Crippen LogP contribution in [0.3, 0.4) is 0 Å². The van der Waals surface area contributed by atoms with E-state index in [4.69, 9.17) is 4.55 Å². The average Bonchev–Trinajstić information content (AvgIpc) is 2.16. The van der Waals surface area contributed by atoms with Crippen molar-refractivity contribution in [2.45, 2.75) is 19.8 Å². The van der Waals surface area contributed by atoms with Crippen LogP contribution in [0.25, 0.3) is 0 Å². The minimum atomic E-state index is -3.91. The molecule has 0 radical (unpaired) electrons. The van der Waals surface area contributed by atoms with Gasteiger partial charge in [-0.25, -0.2) is 0 Å². The molecule has 8 heteroatoms. The summed E-state index contributed by atoms with van der Waals surface area (Å²) in [4.78, 5) is 20.0. The van der Waals surface area contributed by atoms with Crippen LogP contribution in [0.15, 0.2) is 24.8 Å². The fourth-order valence-electron chi connectivity index (χ4n) is 0.531. The zero-order valence-electron chi connectivity index (χ0n) is 10.5. The molecule has 6 nitrogen and oxygen atoms in total. The quantitative estimate of drug-likeness (QED) is 0.311. The first-order chi connectivity index (χ1) is 7.60. The number of hydrogen-bond donors (Lipinski definition) is 1. The predicted octanol–water partition coefficient (Wildman–Crippen LogP) is -3.27. The third-order valence-electron chi connectivity index (χ3n) is 1.40. The molecule has 0 fully saturated rings. The molecule has 0 bridgehead atoms. The molecule has 0 heterocycles. The Balaban J connectivity index is -0.000000277. The van der Waals surface area contributed by atoms with Gasteiger partial charge < -0.3 is 9.90 Å². The first-order valence-corrected chi connectivity index (χ1v) is 6.18. The Labute approximate surface area is 129 Å². The number of ketones is 1. The number of aliphatic carboxylic acids is 1. The summed E-state index contributed by atoms with van der Waals surface area (Å²) in [6.45, 7) is 7.69. The van der Waals surface area contributed by atoms with E-state index in [1.54, 1.807) is 0 Å². The van der Waals surface area contributed by atoms with Gasteiger partial charge in [0.2, 0.25) is 0 Å². The second-order valence-electron chi connectivity index (χ2n) is 3.13. The maximum absolute atomic E-state index is 10.5. The number of carboxylic acid groups (broad SMARTS) is 1. The molecule has 0 aromatic rings. The molecular weight excluding hydrogens is 271 g/mol. The van der Waals surface area contributed by atoms with Crippen LogP contribution in [0.4, 0.5) is 0 Å². The van der Waals surface area contributed by atoms with Crippen LogP contribution >= 0.6 is 0 Å². The maximum Gasteiger partial charge on any atom is 1.00 e. The number of hydrogen-bond acceptors (Lipinski definition) is 5. The molecule has 1 N–H and O–H groups in total. The van der Waals surface area contributed by atoms with Crippen LogP contribution in [-0.2, 0) is 19.7 Å². The molecule has 0 saturated heterocycles. The van der Waals surface area contributed by atoms with Crippen molar-refractivity contribution in [1.82, 2.24) is 0 Å². The Morgan fingerprint density at radius 1 is 1.39 bits per heavy atom. The molecule has 98 valence electrons. The predicted molar refractivity (Wildman–Crippen MR) is 60.7 cm³/mol. The second-order valence-corrected chi connectivity index (χ2v) is 4.70. The van der Waals surface area contributed by atoms with E-state index in [0.29, 0.717) is 0 Å². The van der Waals surface area contributed by atoms with Gasteiger partial charge in [-0.2, -0.15) is 8.42 Å². The summed E-state index contributed by atoms with van der Waals surface area (Å²) in [5.41, 5.74) is 0.0648. The van der Waals surface area contributed by atoms with Crippen LogP contribution in [0.5, 0.6) is 0 Å². The maximum atomic E-state index is 10.5. The zero-order chi connectivity index (χ0) is 14.1. The van der Waals surface area contributed by atoms with Crippen LogP contribution in [0, 0.1) is 0 Å². The first-order valence-electron chi connectivity index (χ1n) is 4.57. The molecule has 0 aliphatic rings. The number of carboxylic acids is 1. The first kappa shape index (κ1) is 22.7. The summed E-state index contributed by atoms with van der Waals surface area (Å²) in [5.74, 6) is -1.77. The zero-order valence-corrected chi connectivity index (χ0v) is 13.3. The van der Waals surface area contributed by atoms with E-state index in [0.717, 1.165) is 6.08 Å². The molecule has 0 saturated carbocycles. The van der Waals surface area contributed by atoms with E-state index in [1.807, 2.05) is 0 Å². The molecular formula is C10H15NaO6S. The van der Waals surface area contributed by atoms with Crippen LogP contribution in [0.1, 0.15) is 19.8 Å². The van der Waals surface area contributed by atoms with Gasteiger partial charge >= 0.3 is 29.6 Å². The van der Waals surface area contributed by atoms with Crippen molar-refractivity contribution in [3.05, 3.63) is 24.8 Å². The van der Waals surface area contributed by atoms with Gasteiger partial charge in [-0.05, 0) is 25.0 Å². The Morgan fingerprint density at radius 3 is 2.00 bits per heavy atom. The summed E-state index contributed by atoms with van der Waals surface area (Å²) >= 11 is 0. The number of rotatable bonds is 6. The van der Waals surface area contributed by atoms with Gasteiger partial charge in [-0.3, -0.25) is 9.35 Å². The average molecular weight is 286 g/mol. The van der Waals surface area contributed by atoms with Crippen molar-refractivity contribution in [2.75, 3.05) is 5.75 Å². The summed E-state index contributed by atoms with van der Waals surface area (Å²) in [6.07, 6.45) is 1.39. The van der Waals surface area contributed by atoms with Crippen molar-refractivity contribution in [3.63, 3.8) is 0 Å². The number of carbonyl (C=O) groups excluding carboxylic acids is 2. The normalized spacial score (nSPS) is 9.22. The molecule has 0 aliphatic carbocycles. The van der Waals surface area contributed by atoms with Gasteiger partial charge in [0.15, 0.2) is 5.78 Å². The largest absolute Gasteiger partial charge is 1.00 e. The number of allylic oxidation sites excluding steroid dienone is 1. The summed E-state index contributed by atoms with van der Waals surface area (Å²) in [6, 6.07) is 0. The Morgan fingerprint density at radius 2 is 1.78 bits per heavy atom. The summed E-state index contributed by atoms with van der Waals surface area (Å²) in [5, 5.41) is 9.49. The van der Waals surface area contributed by atoms with Gasteiger partial charge in [0.05, 0.1) is 11.7 Å². The molecule has 0 amide bonds. The van der Waals surface area contributed by atoms with Gasteiger partial charge in [0.1, 0.15) is 0 Å². The van der Waals surface area contributed by atoms with Crippen molar-refractivity contribution in [3.8, 4) is 0 Å². The molecule has 0 spiro atoms. The molecule has 0 aromatic carbocycles. The van der Waals surface area contributed by atoms with E-state index in [9.17, 15) is 23.1 Å². The van der Waals surface area contributed by atoms with E-state index in [-0.39, 0.29) is 59.5 Å². The van der Waals surface area contributed by atoms with Gasteiger partial charge in [-0.15, -0.1) is 0 Å². The molecule has 0 atom stereocenters. The summed E-state index contributed by atoms with van der Waals surface area (Å²) < 4.78 is 28.5. The van der Waals surface area contributed by atoms with E-state index in [1.165, 1.54) is 6.92 Å². The Hall–Kier alpha value is -0.470. The Bertz CT molecular complexity index is 387. The molecule has 0 unspecified atom stereocenters. The van der Waals surface area contributed by atoms with Crippen molar-refractivity contribution in [2.24, 2.45) is 0 Å². The van der Waals surface area contributed by atoms with E-state index >= 15 is 0 Å². The van der Waals surface area contributed by atoms with Gasteiger partial charge in [0.25, 0.3) is 10.1 Å². The minimum absolute atomic E-state index is 0. The smallest absolute Gasteiger partial charge is 0.545 e. The third kappa shape index (κ3) is 20.9. The second kappa shape index (κ2) is 11.6. The van der Waals surface area contributed by atoms with E-state index < -0.39 is 16.1 Å². The number of carbonyl (C=O) groups is 2. The van der Waals surface area contributed by atoms with Crippen LogP contribution in [0.2, 0.25) is 0 Å². The standard InChI is InChI=1S/C6H10O4S.C4H6O2.Na/c1-2-6(7)4-3-5-11(8,9)10;1-3(2)4(5)6;/h2H,1,3-5H2,(H,8,9,10);1H2,2H3,(H,5,6);/q;;+1/p-1. The fourth-order valence-corrected chi connectivity index (χ4v) is 1.04. The van der Waals surface area contributed by atoms with Crippen LogP contribution < -0.4 is 34.7 Å². The molecule has 18 heavy (non-hydrogen) atoms. The fraction of sp³-hybridized carbons (Fsp3) is 0.400. The minimum Gasteiger partial charge on any atom is -0.545 e. The molecule has 0 aliphatic heterocycles. The topological polar surface area (TPSA) is 112 Å². The molecule has 0 rings (SSSR count). The van der Waals surface area contributed by atoms with Gasteiger partial charge in [0, 0.05) is 6.42 Å². The Kier molecular flexibility index (Phi) is 14.6.